The summed E-state index contributed by atoms with van der Waals surface area (Å²) in [6.07, 6.45) is 8.23. The monoisotopic (exact) mass is 475 g/mol. The third kappa shape index (κ3) is 4.27. The van der Waals surface area contributed by atoms with Gasteiger partial charge in [0.1, 0.15) is 17.5 Å². The average molecular weight is 476 g/mol. The lowest BCUT2D eigenvalue weighted by Gasteiger charge is -2.40. The van der Waals surface area contributed by atoms with E-state index in [0.29, 0.717) is 29.6 Å². The second-order valence-electron chi connectivity index (χ2n) is 10.2. The minimum absolute atomic E-state index is 0.226. The van der Waals surface area contributed by atoms with Crippen LogP contribution in [0, 0.1) is 5.92 Å². The number of aliphatic hydroxyl groups is 1. The van der Waals surface area contributed by atoms with Crippen LogP contribution in [0.2, 0.25) is 0 Å². The quantitative estimate of drug-likeness (QED) is 0.555. The Kier molecular flexibility index (Phi) is 5.89. The molecule has 3 saturated heterocycles. The van der Waals surface area contributed by atoms with E-state index in [1.54, 1.807) is 6.20 Å². The summed E-state index contributed by atoms with van der Waals surface area (Å²) in [5, 5.41) is 15.5. The van der Waals surface area contributed by atoms with E-state index < -0.39 is 0 Å². The number of nitrogens with zero attached hydrogens (tertiary/aromatic N) is 6. The molecule has 9 nitrogen and oxygen atoms in total. The van der Waals surface area contributed by atoms with E-state index in [9.17, 15) is 5.11 Å². The summed E-state index contributed by atoms with van der Waals surface area (Å²) in [7, 11) is 0. The fourth-order valence-electron chi connectivity index (χ4n) is 5.20. The smallest absolute Gasteiger partial charge is 0.227 e. The van der Waals surface area contributed by atoms with Crippen LogP contribution in [0.4, 0.5) is 23.4 Å². The van der Waals surface area contributed by atoms with Crippen molar-refractivity contribution in [2.75, 3.05) is 48.0 Å². The maximum absolute atomic E-state index is 9.81. The Morgan fingerprint density at radius 2 is 1.86 bits per heavy atom. The van der Waals surface area contributed by atoms with Crippen LogP contribution < -0.4 is 15.1 Å². The number of piperidine rings is 1. The highest BCUT2D eigenvalue weighted by Gasteiger charge is 2.31. The highest BCUT2D eigenvalue weighted by Crippen LogP contribution is 2.39. The molecule has 2 atom stereocenters. The minimum atomic E-state index is -0.226. The molecule has 0 aliphatic carbocycles. The predicted molar refractivity (Wildman–Crippen MR) is 136 cm³/mol. The molecule has 3 aromatic heterocycles. The number of aromatic nitrogens is 4. The van der Waals surface area contributed by atoms with Gasteiger partial charge in [-0.25, -0.2) is 15.0 Å². The van der Waals surface area contributed by atoms with E-state index in [1.165, 1.54) is 17.4 Å². The number of hydrogen-bond donors (Lipinski definition) is 2. The molecule has 184 valence electrons. The summed E-state index contributed by atoms with van der Waals surface area (Å²) in [4.78, 5) is 23.3. The van der Waals surface area contributed by atoms with Gasteiger partial charge in [0, 0.05) is 55.6 Å². The second kappa shape index (κ2) is 9.20. The van der Waals surface area contributed by atoms with E-state index in [1.807, 2.05) is 12.3 Å². The normalized spacial score (nSPS) is 22.1. The fraction of sp³-hybridized carbons (Fsp3) is 0.538. The summed E-state index contributed by atoms with van der Waals surface area (Å²) in [5.41, 5.74) is 1.24. The van der Waals surface area contributed by atoms with Crippen molar-refractivity contribution in [3.63, 3.8) is 0 Å². The Morgan fingerprint density at radius 1 is 1.03 bits per heavy atom. The number of rotatable bonds is 6. The van der Waals surface area contributed by atoms with Crippen molar-refractivity contribution in [2.24, 2.45) is 5.92 Å². The molecule has 3 aliphatic heterocycles. The molecule has 3 fully saturated rings. The van der Waals surface area contributed by atoms with Gasteiger partial charge in [-0.05, 0) is 55.2 Å². The Morgan fingerprint density at radius 3 is 2.54 bits per heavy atom. The van der Waals surface area contributed by atoms with Gasteiger partial charge in [-0.1, -0.05) is 6.92 Å². The highest BCUT2D eigenvalue weighted by atomic mass is 16.5. The zero-order valence-corrected chi connectivity index (χ0v) is 20.4. The Hall–Kier alpha value is -3.04. The predicted octanol–water partition coefficient (Wildman–Crippen LogP) is 3.47. The Bertz CT molecular complexity index is 1210. The van der Waals surface area contributed by atoms with E-state index in [2.05, 4.69) is 46.2 Å². The first kappa shape index (κ1) is 22.4. The lowest BCUT2D eigenvalue weighted by molar-refractivity contribution is -0.0422. The largest absolute Gasteiger partial charge is 0.393 e. The van der Waals surface area contributed by atoms with Gasteiger partial charge in [-0.3, -0.25) is 0 Å². The highest BCUT2D eigenvalue weighted by molar-refractivity contribution is 5.96. The van der Waals surface area contributed by atoms with Crippen molar-refractivity contribution in [2.45, 2.75) is 51.2 Å². The third-order valence-corrected chi connectivity index (χ3v) is 7.88. The van der Waals surface area contributed by atoms with E-state index in [-0.39, 0.29) is 6.10 Å². The lowest BCUT2D eigenvalue weighted by atomic mass is 9.85. The summed E-state index contributed by atoms with van der Waals surface area (Å²) < 4.78 is 5.48. The molecule has 0 aromatic carbocycles. The van der Waals surface area contributed by atoms with Crippen molar-refractivity contribution in [3.8, 4) is 0 Å². The maximum Gasteiger partial charge on any atom is 0.227 e. The Labute approximate surface area is 205 Å². The van der Waals surface area contributed by atoms with Crippen LogP contribution in [0.25, 0.3) is 10.8 Å². The molecule has 2 N–H and O–H groups in total. The number of ether oxygens (including phenoxy) is 1. The number of aliphatic hydroxyl groups excluding tert-OH is 1. The van der Waals surface area contributed by atoms with Crippen LogP contribution in [0.1, 0.15) is 44.6 Å². The van der Waals surface area contributed by atoms with Crippen molar-refractivity contribution >= 4 is 34.2 Å². The molecule has 35 heavy (non-hydrogen) atoms. The molecule has 3 aliphatic rings. The first-order chi connectivity index (χ1) is 17.1. The summed E-state index contributed by atoms with van der Waals surface area (Å²) in [5.74, 6) is 4.04. The molecule has 6 rings (SSSR count). The molecule has 6 heterocycles. The molecule has 0 bridgehead atoms. The molecule has 9 heteroatoms. The lowest BCUT2D eigenvalue weighted by Crippen LogP contribution is -2.46. The van der Waals surface area contributed by atoms with E-state index in [0.717, 1.165) is 62.7 Å². The van der Waals surface area contributed by atoms with Crippen LogP contribution in [-0.4, -0.2) is 70.0 Å². The SMILES string of the molecule is C[C@@H]1CCN1c1ncc([C@H](C)C2COC2)c2cc(Nc3ccnc(N4CCC(O)CC4)n3)ncc12. The van der Waals surface area contributed by atoms with E-state index >= 15 is 0 Å². The zero-order valence-electron chi connectivity index (χ0n) is 20.4. The molecular formula is C26H33N7O2. The standard InChI is InChI=1S/C26H33N7O2/c1-16-4-10-33(16)25-22-13-28-24(11-20(22)21(12-29-25)17(2)18-14-35-15-18)30-23-3-7-27-26(31-23)32-8-5-19(34)6-9-32/h3,7,11-13,16-19,34H,4-6,8-10,14-15H2,1-2H3,(H,27,28,30,31)/t16-,17-/m1/s1. The van der Waals surface area contributed by atoms with Gasteiger partial charge in [-0.2, -0.15) is 4.98 Å². The molecule has 0 radical (unpaired) electrons. The number of anilines is 4. The number of pyridine rings is 2. The van der Waals surface area contributed by atoms with Crippen molar-refractivity contribution in [1.29, 1.82) is 0 Å². The zero-order chi connectivity index (χ0) is 23.9. The first-order valence-electron chi connectivity index (χ1n) is 12.7. The molecular weight excluding hydrogens is 442 g/mol. The van der Waals surface area contributed by atoms with Gasteiger partial charge in [0.25, 0.3) is 0 Å². The van der Waals surface area contributed by atoms with Gasteiger partial charge < -0.3 is 25.0 Å². The second-order valence-corrected chi connectivity index (χ2v) is 10.2. The molecule has 0 saturated carbocycles. The van der Waals surface area contributed by atoms with Crippen LogP contribution in [0.15, 0.2) is 30.7 Å². The van der Waals surface area contributed by atoms with Crippen LogP contribution in [0.3, 0.4) is 0 Å². The van der Waals surface area contributed by atoms with Gasteiger partial charge in [0.15, 0.2) is 0 Å². The number of fused-ring (bicyclic) bond motifs is 1. The molecule has 3 aromatic rings. The average Bonchev–Trinajstić information content (AvgIpc) is 2.82. The van der Waals surface area contributed by atoms with Crippen LogP contribution >= 0.6 is 0 Å². The molecule has 0 amide bonds. The van der Waals surface area contributed by atoms with Gasteiger partial charge in [-0.15, -0.1) is 0 Å². The topological polar surface area (TPSA) is 99.5 Å². The fourth-order valence-corrected chi connectivity index (χ4v) is 5.20. The molecule has 0 spiro atoms. The van der Waals surface area contributed by atoms with Crippen LogP contribution in [-0.2, 0) is 4.74 Å². The molecule has 0 unspecified atom stereocenters. The van der Waals surface area contributed by atoms with Gasteiger partial charge >= 0.3 is 0 Å². The number of hydrogen-bond acceptors (Lipinski definition) is 9. The van der Waals surface area contributed by atoms with Gasteiger partial charge in [0.05, 0.1) is 19.3 Å². The van der Waals surface area contributed by atoms with Crippen molar-refractivity contribution < 1.29 is 9.84 Å². The number of nitrogens with one attached hydrogen (secondary N) is 1. The third-order valence-electron chi connectivity index (χ3n) is 7.88. The van der Waals surface area contributed by atoms with E-state index in [4.69, 9.17) is 19.7 Å². The summed E-state index contributed by atoms with van der Waals surface area (Å²) in [6.45, 7) is 8.69. The Balaban J connectivity index is 1.32. The minimum Gasteiger partial charge on any atom is -0.393 e. The summed E-state index contributed by atoms with van der Waals surface area (Å²) in [6, 6.07) is 4.50. The van der Waals surface area contributed by atoms with Crippen molar-refractivity contribution in [1.82, 2.24) is 19.9 Å². The van der Waals surface area contributed by atoms with Crippen LogP contribution in [0.5, 0.6) is 0 Å². The van der Waals surface area contributed by atoms with Crippen molar-refractivity contribution in [3.05, 3.63) is 36.3 Å². The maximum atomic E-state index is 9.81. The first-order valence-corrected chi connectivity index (χ1v) is 12.7. The van der Waals surface area contributed by atoms with Gasteiger partial charge in [0.2, 0.25) is 5.95 Å². The summed E-state index contributed by atoms with van der Waals surface area (Å²) >= 11 is 0.